The lowest BCUT2D eigenvalue weighted by atomic mass is 9.97. The fraction of sp³-hybridized carbons (Fsp3) is 0.467. The molecule has 0 unspecified atom stereocenters. The van der Waals surface area contributed by atoms with Gasteiger partial charge in [-0.05, 0) is 31.5 Å². The predicted octanol–water partition coefficient (Wildman–Crippen LogP) is 1.51. The van der Waals surface area contributed by atoms with E-state index in [1.165, 1.54) is 0 Å². The van der Waals surface area contributed by atoms with Crippen molar-refractivity contribution in [3.63, 3.8) is 0 Å². The molecule has 2 aliphatic rings. The number of piperazine rings is 1. The minimum absolute atomic E-state index is 0.0336. The molecule has 1 N–H and O–H groups in total. The van der Waals surface area contributed by atoms with Crippen LogP contribution in [0.25, 0.3) is 0 Å². The molecule has 2 heterocycles. The second-order valence-electron chi connectivity index (χ2n) is 5.87. The van der Waals surface area contributed by atoms with E-state index in [2.05, 4.69) is 5.32 Å². The SMILES string of the molecule is CC1(C)C(=O)NCC(=O)N1Cc1cc(Cl)cc2c1OCC2. The molecule has 6 heteroatoms. The summed E-state index contributed by atoms with van der Waals surface area (Å²) in [6.45, 7) is 4.46. The van der Waals surface area contributed by atoms with Gasteiger partial charge >= 0.3 is 0 Å². The van der Waals surface area contributed by atoms with Crippen LogP contribution in [0.3, 0.4) is 0 Å². The highest BCUT2D eigenvalue weighted by molar-refractivity contribution is 6.30. The molecule has 0 saturated carbocycles. The van der Waals surface area contributed by atoms with Gasteiger partial charge < -0.3 is 15.0 Å². The van der Waals surface area contributed by atoms with E-state index in [9.17, 15) is 9.59 Å². The van der Waals surface area contributed by atoms with Crippen LogP contribution in [0.15, 0.2) is 12.1 Å². The number of amides is 2. The summed E-state index contributed by atoms with van der Waals surface area (Å²) in [7, 11) is 0. The highest BCUT2D eigenvalue weighted by Crippen LogP contribution is 2.35. The Kier molecular flexibility index (Phi) is 3.32. The average Bonchev–Trinajstić information content (AvgIpc) is 2.87. The molecule has 0 radical (unpaired) electrons. The maximum absolute atomic E-state index is 12.2. The van der Waals surface area contributed by atoms with Crippen LogP contribution in [0.2, 0.25) is 5.02 Å². The summed E-state index contributed by atoms with van der Waals surface area (Å²) < 4.78 is 5.66. The molecule has 0 atom stereocenters. The molecule has 3 rings (SSSR count). The van der Waals surface area contributed by atoms with Crippen LogP contribution in [0.4, 0.5) is 0 Å². The lowest BCUT2D eigenvalue weighted by molar-refractivity contribution is -0.152. The third-order valence-corrected chi connectivity index (χ3v) is 4.30. The quantitative estimate of drug-likeness (QED) is 0.901. The first-order valence-electron chi connectivity index (χ1n) is 6.92. The van der Waals surface area contributed by atoms with E-state index >= 15 is 0 Å². The van der Waals surface area contributed by atoms with Crippen LogP contribution >= 0.6 is 11.6 Å². The zero-order valence-electron chi connectivity index (χ0n) is 12.0. The Morgan fingerprint density at radius 1 is 1.38 bits per heavy atom. The molecule has 1 fully saturated rings. The van der Waals surface area contributed by atoms with Gasteiger partial charge in [0.1, 0.15) is 11.3 Å². The van der Waals surface area contributed by atoms with Crippen molar-refractivity contribution in [2.75, 3.05) is 13.2 Å². The number of hydrogen-bond donors (Lipinski definition) is 1. The van der Waals surface area contributed by atoms with E-state index in [1.807, 2.05) is 12.1 Å². The fourth-order valence-electron chi connectivity index (χ4n) is 2.82. The third-order valence-electron chi connectivity index (χ3n) is 4.09. The molecule has 1 aromatic rings. The Balaban J connectivity index is 1.96. The number of fused-ring (bicyclic) bond motifs is 1. The van der Waals surface area contributed by atoms with E-state index in [4.69, 9.17) is 16.3 Å². The van der Waals surface area contributed by atoms with Gasteiger partial charge in [-0.2, -0.15) is 0 Å². The first-order valence-corrected chi connectivity index (χ1v) is 7.30. The second kappa shape index (κ2) is 4.91. The number of halogens is 1. The molecule has 2 amide bonds. The molecular formula is C15H17ClN2O3. The molecule has 1 aromatic carbocycles. The molecule has 1 saturated heterocycles. The molecule has 5 nitrogen and oxygen atoms in total. The topological polar surface area (TPSA) is 58.6 Å². The largest absolute Gasteiger partial charge is 0.493 e. The third kappa shape index (κ3) is 2.35. The van der Waals surface area contributed by atoms with Crippen molar-refractivity contribution >= 4 is 23.4 Å². The van der Waals surface area contributed by atoms with Crippen molar-refractivity contribution < 1.29 is 14.3 Å². The average molecular weight is 309 g/mol. The van der Waals surface area contributed by atoms with Crippen LogP contribution in [-0.2, 0) is 22.6 Å². The summed E-state index contributed by atoms with van der Waals surface area (Å²) in [6, 6.07) is 3.70. The standard InChI is InChI=1S/C15H17ClN2O3/c1-15(2)14(20)17-7-12(19)18(15)8-10-6-11(16)5-9-3-4-21-13(9)10/h5-6H,3-4,7-8H2,1-2H3,(H,17,20). The summed E-state index contributed by atoms with van der Waals surface area (Å²) in [5.41, 5.74) is 1.03. The van der Waals surface area contributed by atoms with Crippen molar-refractivity contribution in [3.05, 3.63) is 28.3 Å². The number of carbonyl (C=O) groups is 2. The first-order chi connectivity index (χ1) is 9.89. The van der Waals surface area contributed by atoms with Gasteiger partial charge in [0, 0.05) is 17.0 Å². The molecule has 0 bridgehead atoms. The normalized spacial score (nSPS) is 20.0. The number of nitrogens with zero attached hydrogens (tertiary/aromatic N) is 1. The van der Waals surface area contributed by atoms with Gasteiger partial charge in [0.15, 0.2) is 0 Å². The summed E-state index contributed by atoms with van der Waals surface area (Å²) >= 11 is 6.14. The summed E-state index contributed by atoms with van der Waals surface area (Å²) in [5, 5.41) is 3.24. The summed E-state index contributed by atoms with van der Waals surface area (Å²) in [5.74, 6) is 0.544. The van der Waals surface area contributed by atoms with E-state index in [-0.39, 0.29) is 18.4 Å². The number of rotatable bonds is 2. The molecule has 0 spiro atoms. The van der Waals surface area contributed by atoms with Crippen molar-refractivity contribution in [1.82, 2.24) is 10.2 Å². The molecule has 2 aliphatic heterocycles. The highest BCUT2D eigenvalue weighted by Gasteiger charge is 2.42. The van der Waals surface area contributed by atoms with Gasteiger partial charge in [-0.25, -0.2) is 0 Å². The van der Waals surface area contributed by atoms with Gasteiger partial charge in [-0.1, -0.05) is 11.6 Å². The summed E-state index contributed by atoms with van der Waals surface area (Å²) in [4.78, 5) is 25.8. The van der Waals surface area contributed by atoms with Gasteiger partial charge in [0.25, 0.3) is 0 Å². The maximum Gasteiger partial charge on any atom is 0.245 e. The molecule has 21 heavy (non-hydrogen) atoms. The predicted molar refractivity (Wildman–Crippen MR) is 78.3 cm³/mol. The number of benzene rings is 1. The Bertz CT molecular complexity index is 628. The van der Waals surface area contributed by atoms with Crippen LogP contribution in [0.5, 0.6) is 5.75 Å². The number of carbonyl (C=O) groups excluding carboxylic acids is 2. The van der Waals surface area contributed by atoms with Crippen LogP contribution < -0.4 is 10.1 Å². The zero-order valence-corrected chi connectivity index (χ0v) is 12.8. The van der Waals surface area contributed by atoms with Crippen LogP contribution in [-0.4, -0.2) is 35.4 Å². The molecule has 112 valence electrons. The van der Waals surface area contributed by atoms with E-state index in [1.54, 1.807) is 18.7 Å². The van der Waals surface area contributed by atoms with E-state index in [0.717, 1.165) is 23.3 Å². The number of nitrogens with one attached hydrogen (secondary N) is 1. The maximum atomic E-state index is 12.2. The molecule has 0 aliphatic carbocycles. The van der Waals surface area contributed by atoms with Gasteiger partial charge in [-0.15, -0.1) is 0 Å². The van der Waals surface area contributed by atoms with Gasteiger partial charge in [0.2, 0.25) is 11.8 Å². The minimum Gasteiger partial charge on any atom is -0.493 e. The fourth-order valence-corrected chi connectivity index (χ4v) is 3.09. The summed E-state index contributed by atoms with van der Waals surface area (Å²) in [6.07, 6.45) is 0.820. The zero-order chi connectivity index (χ0) is 15.2. The Hall–Kier alpha value is -1.75. The van der Waals surface area contributed by atoms with E-state index in [0.29, 0.717) is 18.2 Å². The smallest absolute Gasteiger partial charge is 0.245 e. The van der Waals surface area contributed by atoms with Gasteiger partial charge in [0.05, 0.1) is 19.7 Å². The molecule has 0 aromatic heterocycles. The monoisotopic (exact) mass is 308 g/mol. The minimum atomic E-state index is -0.886. The van der Waals surface area contributed by atoms with Crippen molar-refractivity contribution in [3.8, 4) is 5.75 Å². The van der Waals surface area contributed by atoms with Crippen LogP contribution in [0, 0.1) is 0 Å². The van der Waals surface area contributed by atoms with E-state index < -0.39 is 5.54 Å². The second-order valence-corrected chi connectivity index (χ2v) is 6.31. The first kappa shape index (κ1) is 14.2. The Morgan fingerprint density at radius 2 is 2.14 bits per heavy atom. The van der Waals surface area contributed by atoms with Crippen molar-refractivity contribution in [2.45, 2.75) is 32.4 Å². The number of ether oxygens (including phenoxy) is 1. The van der Waals surface area contributed by atoms with Crippen molar-refractivity contribution in [2.24, 2.45) is 0 Å². The number of hydrogen-bond acceptors (Lipinski definition) is 3. The lowest BCUT2D eigenvalue weighted by Crippen LogP contribution is -2.63. The Labute approximate surface area is 128 Å². The lowest BCUT2D eigenvalue weighted by Gasteiger charge is -2.41. The molecular weight excluding hydrogens is 292 g/mol. The van der Waals surface area contributed by atoms with Crippen molar-refractivity contribution in [1.29, 1.82) is 0 Å². The van der Waals surface area contributed by atoms with Gasteiger partial charge in [-0.3, -0.25) is 9.59 Å². The Morgan fingerprint density at radius 3 is 2.90 bits per heavy atom. The highest BCUT2D eigenvalue weighted by atomic mass is 35.5. The van der Waals surface area contributed by atoms with Crippen LogP contribution in [0.1, 0.15) is 25.0 Å².